The van der Waals surface area contributed by atoms with Gasteiger partial charge in [0.2, 0.25) is 5.91 Å². The maximum absolute atomic E-state index is 11.9. The predicted octanol–water partition coefficient (Wildman–Crippen LogP) is 1.09. The van der Waals surface area contributed by atoms with E-state index in [1.807, 2.05) is 25.2 Å². The van der Waals surface area contributed by atoms with E-state index in [1.165, 1.54) is 6.21 Å². The van der Waals surface area contributed by atoms with Gasteiger partial charge in [0.25, 0.3) is 0 Å². The zero-order valence-electron chi connectivity index (χ0n) is 11.1. The molecule has 1 aromatic carbocycles. The number of carbonyl (C=O) groups excluding carboxylic acids is 1. The average molecular weight is 260 g/mol. The molecule has 0 spiro atoms. The van der Waals surface area contributed by atoms with Gasteiger partial charge in [0.05, 0.1) is 6.04 Å². The molecular formula is C14H20N4O. The lowest BCUT2D eigenvalue weighted by molar-refractivity contribution is -0.122. The summed E-state index contributed by atoms with van der Waals surface area (Å²) in [6, 6.07) is 5.76. The summed E-state index contributed by atoms with van der Waals surface area (Å²) >= 11 is 0. The Morgan fingerprint density at radius 3 is 3.05 bits per heavy atom. The van der Waals surface area contributed by atoms with Gasteiger partial charge in [-0.3, -0.25) is 4.79 Å². The van der Waals surface area contributed by atoms with E-state index < -0.39 is 0 Å². The van der Waals surface area contributed by atoms with Crippen LogP contribution in [0, 0.1) is 5.41 Å². The highest BCUT2D eigenvalue weighted by Gasteiger charge is 2.21. The number of benzene rings is 1. The van der Waals surface area contributed by atoms with Crippen molar-refractivity contribution in [2.24, 2.45) is 0 Å². The van der Waals surface area contributed by atoms with Crippen LogP contribution in [0.4, 0.5) is 5.69 Å². The third-order valence-corrected chi connectivity index (χ3v) is 3.38. The molecular weight excluding hydrogens is 240 g/mol. The number of carbonyl (C=O) groups is 1. The molecule has 102 valence electrons. The second kappa shape index (κ2) is 6.33. The monoisotopic (exact) mass is 260 g/mol. The number of amides is 1. The number of rotatable bonds is 5. The van der Waals surface area contributed by atoms with E-state index in [4.69, 9.17) is 5.41 Å². The van der Waals surface area contributed by atoms with Crippen molar-refractivity contribution in [3.05, 3.63) is 29.3 Å². The van der Waals surface area contributed by atoms with E-state index in [-0.39, 0.29) is 11.9 Å². The smallest absolute Gasteiger partial charge is 0.237 e. The minimum absolute atomic E-state index is 0.0428. The van der Waals surface area contributed by atoms with Crippen molar-refractivity contribution in [3.8, 4) is 0 Å². The first-order chi connectivity index (χ1) is 9.24. The molecule has 1 aliphatic heterocycles. The van der Waals surface area contributed by atoms with Crippen LogP contribution in [0.5, 0.6) is 0 Å². The van der Waals surface area contributed by atoms with Gasteiger partial charge in [-0.25, -0.2) is 0 Å². The van der Waals surface area contributed by atoms with Crippen molar-refractivity contribution in [1.29, 1.82) is 5.41 Å². The lowest BCUT2D eigenvalue weighted by Crippen LogP contribution is -2.40. The Kier molecular flexibility index (Phi) is 4.52. The second-order valence-corrected chi connectivity index (χ2v) is 4.68. The molecule has 1 amide bonds. The van der Waals surface area contributed by atoms with E-state index in [0.717, 1.165) is 36.2 Å². The topological polar surface area (TPSA) is 77.0 Å². The fraction of sp³-hybridized carbons (Fsp3) is 0.429. The van der Waals surface area contributed by atoms with Gasteiger partial charge >= 0.3 is 0 Å². The van der Waals surface area contributed by atoms with Crippen LogP contribution in [-0.2, 0) is 11.3 Å². The summed E-state index contributed by atoms with van der Waals surface area (Å²) in [6.07, 6.45) is 3.29. The molecule has 1 aromatic rings. The van der Waals surface area contributed by atoms with Gasteiger partial charge in [-0.1, -0.05) is 6.07 Å². The standard InChI is InChI=1S/C14H20N4O/c1-16-12-5-4-10(7-11(12)8-15)9-18-14(19)13-3-2-6-17-13/h4-5,7-8,13,15-17H,2-3,6,9H2,1H3,(H,18,19). The molecule has 1 fully saturated rings. The van der Waals surface area contributed by atoms with Crippen LogP contribution in [-0.4, -0.2) is 31.8 Å². The van der Waals surface area contributed by atoms with Gasteiger partial charge in [0.1, 0.15) is 0 Å². The lowest BCUT2D eigenvalue weighted by Gasteiger charge is -2.12. The average Bonchev–Trinajstić information content (AvgIpc) is 2.98. The fourth-order valence-electron chi connectivity index (χ4n) is 2.29. The van der Waals surface area contributed by atoms with Crippen LogP contribution in [0.15, 0.2) is 18.2 Å². The highest BCUT2D eigenvalue weighted by Crippen LogP contribution is 2.15. The lowest BCUT2D eigenvalue weighted by atomic mass is 10.1. The predicted molar refractivity (Wildman–Crippen MR) is 76.7 cm³/mol. The Morgan fingerprint density at radius 1 is 1.58 bits per heavy atom. The first-order valence-electron chi connectivity index (χ1n) is 6.57. The van der Waals surface area contributed by atoms with Gasteiger partial charge in [-0.2, -0.15) is 0 Å². The van der Waals surface area contributed by atoms with Crippen molar-refractivity contribution in [2.45, 2.75) is 25.4 Å². The Labute approximate surface area is 113 Å². The van der Waals surface area contributed by atoms with Crippen LogP contribution in [0.1, 0.15) is 24.0 Å². The summed E-state index contributed by atoms with van der Waals surface area (Å²) in [7, 11) is 1.83. The fourth-order valence-corrected chi connectivity index (χ4v) is 2.29. The highest BCUT2D eigenvalue weighted by molar-refractivity contribution is 5.86. The third kappa shape index (κ3) is 3.32. The molecule has 5 heteroatoms. The summed E-state index contributed by atoms with van der Waals surface area (Å²) in [5.74, 6) is 0.0617. The molecule has 1 heterocycles. The Balaban J connectivity index is 1.95. The minimum atomic E-state index is -0.0428. The Morgan fingerprint density at radius 2 is 2.42 bits per heavy atom. The van der Waals surface area contributed by atoms with Crippen LogP contribution in [0.3, 0.4) is 0 Å². The van der Waals surface area contributed by atoms with Crippen molar-refractivity contribution in [3.63, 3.8) is 0 Å². The largest absolute Gasteiger partial charge is 0.388 e. The Bertz CT molecular complexity index is 467. The number of hydrogen-bond acceptors (Lipinski definition) is 4. The molecule has 0 aromatic heterocycles. The maximum Gasteiger partial charge on any atom is 0.237 e. The summed E-state index contributed by atoms with van der Waals surface area (Å²) < 4.78 is 0. The van der Waals surface area contributed by atoms with Crippen LogP contribution in [0.2, 0.25) is 0 Å². The van der Waals surface area contributed by atoms with Gasteiger partial charge in [0.15, 0.2) is 0 Å². The molecule has 0 aliphatic carbocycles. The van der Waals surface area contributed by atoms with Crippen LogP contribution < -0.4 is 16.0 Å². The number of nitrogens with one attached hydrogen (secondary N) is 4. The molecule has 1 saturated heterocycles. The summed E-state index contributed by atoms with van der Waals surface area (Å²) in [6.45, 7) is 1.43. The summed E-state index contributed by atoms with van der Waals surface area (Å²) in [5, 5.41) is 16.5. The maximum atomic E-state index is 11.9. The van der Waals surface area contributed by atoms with Crippen molar-refractivity contribution in [2.75, 3.05) is 18.9 Å². The van der Waals surface area contributed by atoms with E-state index in [2.05, 4.69) is 16.0 Å². The van der Waals surface area contributed by atoms with Crippen LogP contribution in [0.25, 0.3) is 0 Å². The molecule has 0 bridgehead atoms. The molecule has 2 rings (SSSR count). The van der Waals surface area contributed by atoms with E-state index in [1.54, 1.807) is 0 Å². The van der Waals surface area contributed by atoms with Gasteiger partial charge < -0.3 is 21.4 Å². The van der Waals surface area contributed by atoms with Crippen molar-refractivity contribution < 1.29 is 4.79 Å². The minimum Gasteiger partial charge on any atom is -0.388 e. The SMILES string of the molecule is CNc1ccc(CNC(=O)C2CCCN2)cc1C=N. The van der Waals surface area contributed by atoms with Gasteiger partial charge in [0, 0.05) is 31.1 Å². The quantitative estimate of drug-likeness (QED) is 0.599. The van der Waals surface area contributed by atoms with Crippen LogP contribution >= 0.6 is 0 Å². The van der Waals surface area contributed by atoms with Crippen molar-refractivity contribution >= 4 is 17.8 Å². The van der Waals surface area contributed by atoms with Crippen molar-refractivity contribution in [1.82, 2.24) is 10.6 Å². The highest BCUT2D eigenvalue weighted by atomic mass is 16.2. The normalized spacial score (nSPS) is 18.1. The molecule has 4 N–H and O–H groups in total. The van der Waals surface area contributed by atoms with E-state index in [0.29, 0.717) is 6.54 Å². The first kappa shape index (κ1) is 13.5. The molecule has 1 aliphatic rings. The third-order valence-electron chi connectivity index (χ3n) is 3.38. The Hall–Kier alpha value is -1.88. The molecule has 1 atom stereocenters. The summed E-state index contributed by atoms with van der Waals surface area (Å²) in [4.78, 5) is 11.9. The van der Waals surface area contributed by atoms with E-state index >= 15 is 0 Å². The number of anilines is 1. The molecule has 19 heavy (non-hydrogen) atoms. The molecule has 0 saturated carbocycles. The number of hydrogen-bond donors (Lipinski definition) is 4. The second-order valence-electron chi connectivity index (χ2n) is 4.68. The van der Waals surface area contributed by atoms with Gasteiger partial charge in [-0.15, -0.1) is 0 Å². The summed E-state index contributed by atoms with van der Waals surface area (Å²) in [5.41, 5.74) is 2.75. The van der Waals surface area contributed by atoms with E-state index in [9.17, 15) is 4.79 Å². The van der Waals surface area contributed by atoms with Gasteiger partial charge in [-0.05, 0) is 37.1 Å². The zero-order chi connectivity index (χ0) is 13.7. The molecule has 0 radical (unpaired) electrons. The first-order valence-corrected chi connectivity index (χ1v) is 6.57. The molecule has 1 unspecified atom stereocenters. The molecule has 5 nitrogen and oxygen atoms in total. The zero-order valence-corrected chi connectivity index (χ0v) is 11.1.